The Morgan fingerprint density at radius 3 is 2.50 bits per heavy atom. The lowest BCUT2D eigenvalue weighted by molar-refractivity contribution is 0.551. The third-order valence-electron chi connectivity index (χ3n) is 4.20. The highest BCUT2D eigenvalue weighted by atomic mass is 16.4. The number of hydrogen-bond acceptors (Lipinski definition) is 3. The van der Waals surface area contributed by atoms with E-state index in [0.717, 1.165) is 22.5 Å². The Balaban J connectivity index is 2.20. The third kappa shape index (κ3) is 3.38. The van der Waals surface area contributed by atoms with Gasteiger partial charge in [-0.2, -0.15) is 0 Å². The third-order valence-corrected chi connectivity index (χ3v) is 4.20. The zero-order valence-corrected chi connectivity index (χ0v) is 14.8. The van der Waals surface area contributed by atoms with Crippen molar-refractivity contribution >= 4 is 22.3 Å². The number of anilines is 2. The van der Waals surface area contributed by atoms with Crippen LogP contribution in [0.5, 0.6) is 0 Å². The van der Waals surface area contributed by atoms with E-state index in [9.17, 15) is 4.79 Å². The summed E-state index contributed by atoms with van der Waals surface area (Å²) < 4.78 is 5.54. The van der Waals surface area contributed by atoms with Crippen LogP contribution in [0.4, 0.5) is 11.4 Å². The molecule has 1 aromatic heterocycles. The first-order valence-corrected chi connectivity index (χ1v) is 8.55. The van der Waals surface area contributed by atoms with Gasteiger partial charge < -0.3 is 9.32 Å². The van der Waals surface area contributed by atoms with Crippen LogP contribution in [0.3, 0.4) is 0 Å². The van der Waals surface area contributed by atoms with E-state index in [1.807, 2.05) is 72.5 Å². The van der Waals surface area contributed by atoms with E-state index in [1.54, 1.807) is 12.2 Å². The monoisotopic (exact) mass is 343 g/mol. The number of hydrogen-bond donors (Lipinski definition) is 0. The van der Waals surface area contributed by atoms with Crippen LogP contribution in [0.1, 0.15) is 12.5 Å². The summed E-state index contributed by atoms with van der Waals surface area (Å²) in [6, 6.07) is 17.7. The maximum atomic E-state index is 12.1. The van der Waals surface area contributed by atoms with E-state index < -0.39 is 0 Å². The molecule has 0 unspecified atom stereocenters. The van der Waals surface area contributed by atoms with E-state index in [-0.39, 0.29) is 5.63 Å². The SMILES string of the molecule is C=C/C=C(\C=C)N(c1ccccc1)c1ccc2cc(CC)c(=O)oc2c1. The van der Waals surface area contributed by atoms with Crippen LogP contribution in [0, 0.1) is 0 Å². The normalized spacial score (nSPS) is 11.3. The Morgan fingerprint density at radius 1 is 1.08 bits per heavy atom. The molecule has 3 aromatic rings. The molecule has 0 atom stereocenters. The minimum absolute atomic E-state index is 0.283. The quantitative estimate of drug-likeness (QED) is 0.422. The van der Waals surface area contributed by atoms with E-state index in [1.165, 1.54) is 0 Å². The van der Waals surface area contributed by atoms with Crippen LogP contribution >= 0.6 is 0 Å². The van der Waals surface area contributed by atoms with Crippen molar-refractivity contribution in [2.45, 2.75) is 13.3 Å². The molecular weight excluding hydrogens is 322 g/mol. The molecule has 0 spiro atoms. The lowest BCUT2D eigenvalue weighted by Crippen LogP contribution is -2.15. The van der Waals surface area contributed by atoms with Crippen molar-refractivity contribution < 1.29 is 4.42 Å². The molecule has 3 heteroatoms. The number of fused-ring (bicyclic) bond motifs is 1. The molecule has 3 nitrogen and oxygen atoms in total. The zero-order valence-electron chi connectivity index (χ0n) is 14.8. The Labute approximate surface area is 153 Å². The van der Waals surface area contributed by atoms with Gasteiger partial charge in [-0.15, -0.1) is 0 Å². The van der Waals surface area contributed by atoms with Crippen molar-refractivity contribution in [3.05, 3.63) is 108 Å². The van der Waals surface area contributed by atoms with Crippen molar-refractivity contribution in [2.24, 2.45) is 0 Å². The fourth-order valence-electron chi connectivity index (χ4n) is 2.91. The van der Waals surface area contributed by atoms with Crippen molar-refractivity contribution in [1.82, 2.24) is 0 Å². The summed E-state index contributed by atoms with van der Waals surface area (Å²) in [4.78, 5) is 14.1. The van der Waals surface area contributed by atoms with E-state index in [2.05, 4.69) is 13.2 Å². The minimum atomic E-state index is -0.283. The van der Waals surface area contributed by atoms with Gasteiger partial charge in [0.05, 0.1) is 0 Å². The number of rotatable bonds is 6. The van der Waals surface area contributed by atoms with Crippen LogP contribution in [-0.2, 0) is 6.42 Å². The Hall–Kier alpha value is -3.33. The average molecular weight is 343 g/mol. The fourth-order valence-corrected chi connectivity index (χ4v) is 2.91. The van der Waals surface area contributed by atoms with Crippen LogP contribution in [0.25, 0.3) is 11.0 Å². The van der Waals surface area contributed by atoms with Gasteiger partial charge in [-0.1, -0.05) is 44.4 Å². The lowest BCUT2D eigenvalue weighted by Gasteiger charge is -2.26. The molecule has 0 aliphatic heterocycles. The average Bonchev–Trinajstić information content (AvgIpc) is 2.67. The highest BCUT2D eigenvalue weighted by molar-refractivity contribution is 5.84. The maximum Gasteiger partial charge on any atom is 0.339 e. The second-order valence-corrected chi connectivity index (χ2v) is 5.84. The predicted octanol–water partition coefficient (Wildman–Crippen LogP) is 5.75. The van der Waals surface area contributed by atoms with Crippen LogP contribution in [-0.4, -0.2) is 0 Å². The first-order chi connectivity index (χ1) is 12.7. The molecule has 1 heterocycles. The molecule has 0 aliphatic carbocycles. The van der Waals surface area contributed by atoms with Crippen molar-refractivity contribution in [2.75, 3.05) is 4.90 Å². The standard InChI is InChI=1S/C23H21NO2/c1-4-10-19(6-3)24(20-11-8-7-9-12-20)21-14-13-18-15-17(5-2)23(25)26-22(18)16-21/h4,6-16H,1,3,5H2,2H3/b19-10+. The van der Waals surface area contributed by atoms with Gasteiger partial charge in [0.2, 0.25) is 0 Å². The smallest absolute Gasteiger partial charge is 0.339 e. The van der Waals surface area contributed by atoms with Crippen molar-refractivity contribution in [1.29, 1.82) is 0 Å². The van der Waals surface area contributed by atoms with Gasteiger partial charge in [0.15, 0.2) is 0 Å². The van der Waals surface area contributed by atoms with Gasteiger partial charge >= 0.3 is 5.63 Å². The fraction of sp³-hybridized carbons (Fsp3) is 0.0870. The summed E-state index contributed by atoms with van der Waals surface area (Å²) in [5, 5.41) is 0.908. The molecule has 130 valence electrons. The molecule has 0 radical (unpaired) electrons. The van der Waals surface area contributed by atoms with Gasteiger partial charge in [0, 0.05) is 34.1 Å². The molecule has 0 saturated carbocycles. The summed E-state index contributed by atoms with van der Waals surface area (Å²) in [6.07, 6.45) is 6.04. The van der Waals surface area contributed by atoms with Gasteiger partial charge in [-0.3, -0.25) is 0 Å². The lowest BCUT2D eigenvalue weighted by atomic mass is 10.1. The molecule has 0 bridgehead atoms. The van der Waals surface area contributed by atoms with E-state index in [4.69, 9.17) is 4.42 Å². The Morgan fingerprint density at radius 2 is 1.85 bits per heavy atom. The number of allylic oxidation sites excluding steroid dienone is 3. The summed E-state index contributed by atoms with van der Waals surface area (Å²) >= 11 is 0. The minimum Gasteiger partial charge on any atom is -0.422 e. The second-order valence-electron chi connectivity index (χ2n) is 5.84. The topological polar surface area (TPSA) is 33.5 Å². The van der Waals surface area contributed by atoms with Gasteiger partial charge in [0.1, 0.15) is 5.58 Å². The summed E-state index contributed by atoms with van der Waals surface area (Å²) in [5.41, 5.74) is 3.69. The Bertz CT molecular complexity index is 1030. The van der Waals surface area contributed by atoms with Gasteiger partial charge in [-0.05, 0) is 48.9 Å². The highest BCUT2D eigenvalue weighted by Gasteiger charge is 2.14. The van der Waals surface area contributed by atoms with Crippen LogP contribution in [0.2, 0.25) is 0 Å². The molecule has 3 rings (SSSR count). The number of benzene rings is 2. The number of aryl methyl sites for hydroxylation is 1. The van der Waals surface area contributed by atoms with Crippen LogP contribution < -0.4 is 10.5 Å². The molecular formula is C23H21NO2. The van der Waals surface area contributed by atoms with Crippen molar-refractivity contribution in [3.8, 4) is 0 Å². The Kier molecular flexibility index (Phi) is 5.18. The number of para-hydroxylation sites is 1. The van der Waals surface area contributed by atoms with Crippen LogP contribution in [0.15, 0.2) is 101 Å². The molecule has 0 N–H and O–H groups in total. The molecule has 2 aromatic carbocycles. The molecule has 26 heavy (non-hydrogen) atoms. The maximum absolute atomic E-state index is 12.1. The summed E-state index contributed by atoms with van der Waals surface area (Å²) in [5.74, 6) is 0. The van der Waals surface area contributed by atoms with Gasteiger partial charge in [0.25, 0.3) is 0 Å². The van der Waals surface area contributed by atoms with Gasteiger partial charge in [-0.25, -0.2) is 4.79 Å². The predicted molar refractivity (Wildman–Crippen MR) is 109 cm³/mol. The second kappa shape index (κ2) is 7.70. The summed E-state index contributed by atoms with van der Waals surface area (Å²) in [7, 11) is 0. The first kappa shape index (κ1) is 17.5. The zero-order chi connectivity index (χ0) is 18.5. The molecule has 0 saturated heterocycles. The van der Waals surface area contributed by atoms with Crippen molar-refractivity contribution in [3.63, 3.8) is 0 Å². The van der Waals surface area contributed by atoms with E-state index >= 15 is 0 Å². The molecule has 0 amide bonds. The van der Waals surface area contributed by atoms with E-state index in [0.29, 0.717) is 17.6 Å². The number of nitrogens with zero attached hydrogens (tertiary/aromatic N) is 1. The largest absolute Gasteiger partial charge is 0.422 e. The summed E-state index contributed by atoms with van der Waals surface area (Å²) in [6.45, 7) is 9.65. The molecule has 0 fully saturated rings. The first-order valence-electron chi connectivity index (χ1n) is 8.55. The highest BCUT2D eigenvalue weighted by Crippen LogP contribution is 2.32. The molecule has 0 aliphatic rings.